The molecule has 1 atom stereocenters. The molecule has 3 heteroatoms. The van der Waals surface area contributed by atoms with Gasteiger partial charge in [0, 0.05) is 13.1 Å². The van der Waals surface area contributed by atoms with E-state index in [9.17, 15) is 4.79 Å². The summed E-state index contributed by atoms with van der Waals surface area (Å²) in [5, 5.41) is 0. The van der Waals surface area contributed by atoms with E-state index >= 15 is 0 Å². The Bertz CT molecular complexity index is 671. The summed E-state index contributed by atoms with van der Waals surface area (Å²) < 4.78 is 5.43. The Hall–Kier alpha value is -2.13. The molecule has 1 heterocycles. The highest BCUT2D eigenvalue weighted by Crippen LogP contribution is 2.37. The maximum atomic E-state index is 12.8. The van der Waals surface area contributed by atoms with Crippen LogP contribution in [0.3, 0.4) is 0 Å². The molecular formula is C24H35NO2. The summed E-state index contributed by atoms with van der Waals surface area (Å²) in [6, 6.07) is 8.19. The first-order valence-electron chi connectivity index (χ1n) is 9.79. The summed E-state index contributed by atoms with van der Waals surface area (Å²) in [6.45, 7) is 16.8. The van der Waals surface area contributed by atoms with Gasteiger partial charge in [0.15, 0.2) is 0 Å². The van der Waals surface area contributed by atoms with Gasteiger partial charge in [-0.25, -0.2) is 0 Å². The molecule has 1 aliphatic rings. The molecule has 0 bridgehead atoms. The molecule has 0 aromatic heterocycles. The number of esters is 1. The van der Waals surface area contributed by atoms with Gasteiger partial charge in [0.1, 0.15) is 5.41 Å². The summed E-state index contributed by atoms with van der Waals surface area (Å²) in [6.07, 6.45) is 8.97. The highest BCUT2D eigenvalue weighted by molar-refractivity contribution is 5.84. The van der Waals surface area contributed by atoms with Crippen LogP contribution < -0.4 is 0 Å². The van der Waals surface area contributed by atoms with Crippen molar-refractivity contribution in [1.82, 2.24) is 4.90 Å². The molecule has 0 amide bonds. The predicted molar refractivity (Wildman–Crippen MR) is 116 cm³/mol. The molecule has 1 aromatic carbocycles. The smallest absolute Gasteiger partial charge is 0.317 e. The van der Waals surface area contributed by atoms with Crippen LogP contribution in [-0.4, -0.2) is 37.1 Å². The largest absolute Gasteiger partial charge is 0.465 e. The number of hydrogen-bond donors (Lipinski definition) is 0. The number of benzene rings is 1. The lowest BCUT2D eigenvalue weighted by molar-refractivity contribution is -0.149. The van der Waals surface area contributed by atoms with Gasteiger partial charge in [-0.2, -0.15) is 0 Å². The second-order valence-corrected chi connectivity index (χ2v) is 6.88. The van der Waals surface area contributed by atoms with Crippen LogP contribution in [0.1, 0.15) is 52.2 Å². The molecule has 0 radical (unpaired) electrons. The summed E-state index contributed by atoms with van der Waals surface area (Å²) in [5.41, 5.74) is 2.57. The van der Waals surface area contributed by atoms with Gasteiger partial charge in [0.05, 0.1) is 6.61 Å². The molecule has 0 spiro atoms. The van der Waals surface area contributed by atoms with E-state index in [1.54, 1.807) is 0 Å². The molecule has 1 aromatic rings. The van der Waals surface area contributed by atoms with Gasteiger partial charge in [-0.15, -0.1) is 0 Å². The fourth-order valence-electron chi connectivity index (χ4n) is 3.17. The molecular weight excluding hydrogens is 334 g/mol. The summed E-state index contributed by atoms with van der Waals surface area (Å²) >= 11 is 0. The molecule has 1 aliphatic heterocycles. The monoisotopic (exact) mass is 369 g/mol. The van der Waals surface area contributed by atoms with Crippen LogP contribution in [0.2, 0.25) is 0 Å². The molecule has 2 rings (SSSR count). The Balaban J connectivity index is 0.000000828. The van der Waals surface area contributed by atoms with E-state index < -0.39 is 5.41 Å². The average Bonchev–Trinajstić information content (AvgIpc) is 3.12. The number of nitrogens with zero attached hydrogens (tertiary/aromatic N) is 1. The van der Waals surface area contributed by atoms with Crippen LogP contribution in [0.15, 0.2) is 55.1 Å². The van der Waals surface area contributed by atoms with E-state index in [0.29, 0.717) is 13.2 Å². The van der Waals surface area contributed by atoms with Gasteiger partial charge in [-0.1, -0.05) is 60.7 Å². The second-order valence-electron chi connectivity index (χ2n) is 6.88. The average molecular weight is 370 g/mol. The Labute approximate surface area is 165 Å². The Morgan fingerprint density at radius 2 is 1.96 bits per heavy atom. The van der Waals surface area contributed by atoms with E-state index in [4.69, 9.17) is 4.74 Å². The quantitative estimate of drug-likeness (QED) is 0.498. The van der Waals surface area contributed by atoms with Crippen molar-refractivity contribution in [1.29, 1.82) is 0 Å². The fourth-order valence-corrected chi connectivity index (χ4v) is 3.17. The van der Waals surface area contributed by atoms with Crippen molar-refractivity contribution in [3.63, 3.8) is 0 Å². The first-order valence-corrected chi connectivity index (χ1v) is 9.79. The number of ether oxygens (including phenoxy) is 1. The Morgan fingerprint density at radius 3 is 2.52 bits per heavy atom. The lowest BCUT2D eigenvalue weighted by Crippen LogP contribution is -2.40. The molecule has 3 nitrogen and oxygen atoms in total. The standard InChI is InChI=1S/C20H27NO2.C4H8/c1-5-7-12-21-13-11-20(15-21,19(22)23-6-2)18-10-8-9-17(14-18)16(3)4;1-3-4-2/h5,7-10,14H,3,6,11-13,15H2,1-2,4H3;3-4H,1-2H3/b7-5+;4-3-. The van der Waals surface area contributed by atoms with Crippen LogP contribution >= 0.6 is 0 Å². The topological polar surface area (TPSA) is 29.5 Å². The predicted octanol–water partition coefficient (Wildman–Crippen LogP) is 5.38. The van der Waals surface area contributed by atoms with Crippen molar-refractivity contribution in [3.05, 3.63) is 66.3 Å². The van der Waals surface area contributed by atoms with Gasteiger partial charge < -0.3 is 4.74 Å². The van der Waals surface area contributed by atoms with Crippen molar-refractivity contribution in [2.45, 2.75) is 46.5 Å². The molecule has 1 unspecified atom stereocenters. The van der Waals surface area contributed by atoms with E-state index in [-0.39, 0.29) is 5.97 Å². The van der Waals surface area contributed by atoms with Crippen molar-refractivity contribution >= 4 is 11.5 Å². The zero-order valence-corrected chi connectivity index (χ0v) is 17.6. The minimum atomic E-state index is -0.566. The van der Waals surface area contributed by atoms with Crippen molar-refractivity contribution < 1.29 is 9.53 Å². The number of carbonyl (C=O) groups is 1. The van der Waals surface area contributed by atoms with Gasteiger partial charge in [-0.05, 0) is 58.7 Å². The molecule has 0 saturated carbocycles. The maximum Gasteiger partial charge on any atom is 0.317 e. The third-order valence-corrected chi connectivity index (χ3v) is 4.86. The van der Waals surface area contributed by atoms with Crippen molar-refractivity contribution in [2.75, 3.05) is 26.2 Å². The van der Waals surface area contributed by atoms with Gasteiger partial charge in [0.2, 0.25) is 0 Å². The summed E-state index contributed by atoms with van der Waals surface area (Å²) in [5.74, 6) is -0.109. The zero-order chi connectivity index (χ0) is 20.3. The molecule has 27 heavy (non-hydrogen) atoms. The molecule has 0 aliphatic carbocycles. The van der Waals surface area contributed by atoms with Crippen LogP contribution in [0.4, 0.5) is 0 Å². The van der Waals surface area contributed by atoms with E-state index in [1.807, 2.05) is 71.0 Å². The third-order valence-electron chi connectivity index (χ3n) is 4.86. The van der Waals surface area contributed by atoms with Gasteiger partial charge in [0.25, 0.3) is 0 Å². The Morgan fingerprint density at radius 1 is 1.26 bits per heavy atom. The van der Waals surface area contributed by atoms with Crippen LogP contribution in [-0.2, 0) is 14.9 Å². The molecule has 1 fully saturated rings. The van der Waals surface area contributed by atoms with Crippen molar-refractivity contribution in [2.24, 2.45) is 0 Å². The summed E-state index contributed by atoms with van der Waals surface area (Å²) in [4.78, 5) is 15.1. The minimum absolute atomic E-state index is 0.109. The van der Waals surface area contributed by atoms with Crippen LogP contribution in [0, 0.1) is 0 Å². The normalized spacial score (nSPS) is 19.9. The van der Waals surface area contributed by atoms with Gasteiger partial charge in [-0.3, -0.25) is 9.69 Å². The number of allylic oxidation sites excluding steroid dienone is 4. The van der Waals surface area contributed by atoms with E-state index in [2.05, 4.69) is 23.6 Å². The van der Waals surface area contributed by atoms with Crippen LogP contribution in [0.25, 0.3) is 5.57 Å². The second kappa shape index (κ2) is 11.6. The number of carbonyl (C=O) groups excluding carboxylic acids is 1. The lowest BCUT2D eigenvalue weighted by atomic mass is 9.78. The van der Waals surface area contributed by atoms with E-state index in [1.165, 1.54) is 0 Å². The van der Waals surface area contributed by atoms with Gasteiger partial charge >= 0.3 is 5.97 Å². The highest BCUT2D eigenvalue weighted by Gasteiger charge is 2.47. The number of rotatable bonds is 6. The molecule has 148 valence electrons. The Kier molecular flexibility index (Phi) is 9.81. The molecule has 1 saturated heterocycles. The van der Waals surface area contributed by atoms with E-state index in [0.717, 1.165) is 36.2 Å². The minimum Gasteiger partial charge on any atom is -0.465 e. The molecule has 0 N–H and O–H groups in total. The van der Waals surface area contributed by atoms with Crippen molar-refractivity contribution in [3.8, 4) is 0 Å². The lowest BCUT2D eigenvalue weighted by Gasteiger charge is -2.28. The first-order chi connectivity index (χ1) is 12.9. The maximum absolute atomic E-state index is 12.8. The third kappa shape index (κ3) is 6.21. The number of likely N-dealkylation sites (tertiary alicyclic amines) is 1. The first kappa shape index (κ1) is 22.9. The highest BCUT2D eigenvalue weighted by atomic mass is 16.5. The van der Waals surface area contributed by atoms with Crippen LogP contribution in [0.5, 0.6) is 0 Å². The summed E-state index contributed by atoms with van der Waals surface area (Å²) in [7, 11) is 0. The SMILES string of the molecule is C/C=C\C.C=C(C)c1cccc(C2(C(=O)OCC)CCN(C/C=C/C)C2)c1. The number of hydrogen-bond acceptors (Lipinski definition) is 3. The zero-order valence-electron chi connectivity index (χ0n) is 17.6. The fraction of sp³-hybridized carbons (Fsp3) is 0.458.